The standard InChI is InChI=1S/C35H50N2O4/c1-9-37-29(40)41-17-16-35-14-12-30(2,3)20-23(35)27-24(38)18-26-32(6)19-22(21-36)28(39)31(4,5)25(32)10-11-33(26,7)34(27,8)13-15-35/h18-19,23,25,27H,9-17,20H2,1-8H3,(H,37,40). The number of Topliss-reactive ketones (excluding diaryl/α,β-unsaturated/α-hetero) is 1. The van der Waals surface area contributed by atoms with E-state index < -0.39 is 10.8 Å². The fraction of sp³-hybridized carbons (Fsp3) is 0.771. The maximum atomic E-state index is 14.6. The van der Waals surface area contributed by atoms with E-state index in [0.717, 1.165) is 56.9 Å². The third-order valence-corrected chi connectivity index (χ3v) is 13.2. The Morgan fingerprint density at radius 2 is 1.73 bits per heavy atom. The number of carbonyl (C=O) groups is 3. The van der Waals surface area contributed by atoms with Gasteiger partial charge in [-0.1, -0.05) is 60.1 Å². The molecule has 0 aromatic carbocycles. The number of rotatable bonds is 4. The fourth-order valence-electron chi connectivity index (χ4n) is 10.7. The molecular weight excluding hydrogens is 512 g/mol. The molecule has 0 saturated heterocycles. The number of allylic oxidation sites excluding steroid dienone is 4. The van der Waals surface area contributed by atoms with Gasteiger partial charge >= 0.3 is 6.09 Å². The van der Waals surface area contributed by atoms with E-state index in [9.17, 15) is 19.6 Å². The maximum Gasteiger partial charge on any atom is 0.407 e. The number of alkyl carbamates (subject to hydrolysis) is 1. The van der Waals surface area contributed by atoms with E-state index in [1.807, 2.05) is 32.9 Å². The van der Waals surface area contributed by atoms with Gasteiger partial charge in [0.25, 0.3) is 0 Å². The molecule has 3 fully saturated rings. The zero-order valence-electron chi connectivity index (χ0n) is 26.5. The smallest absolute Gasteiger partial charge is 0.407 e. The fourth-order valence-corrected chi connectivity index (χ4v) is 10.7. The molecule has 0 aliphatic heterocycles. The van der Waals surface area contributed by atoms with Gasteiger partial charge in [-0.05, 0) is 97.9 Å². The first-order chi connectivity index (χ1) is 19.0. The third kappa shape index (κ3) is 4.19. The molecule has 5 aliphatic carbocycles. The molecule has 0 aromatic rings. The van der Waals surface area contributed by atoms with E-state index in [1.165, 1.54) is 0 Å². The van der Waals surface area contributed by atoms with Crippen molar-refractivity contribution in [3.05, 3.63) is 23.3 Å². The van der Waals surface area contributed by atoms with Gasteiger partial charge in [0, 0.05) is 23.3 Å². The van der Waals surface area contributed by atoms with Crippen molar-refractivity contribution in [2.75, 3.05) is 13.2 Å². The van der Waals surface area contributed by atoms with Crippen molar-refractivity contribution >= 4 is 17.7 Å². The van der Waals surface area contributed by atoms with Crippen molar-refractivity contribution in [1.82, 2.24) is 5.32 Å². The molecule has 6 nitrogen and oxygen atoms in total. The van der Waals surface area contributed by atoms with Crippen molar-refractivity contribution < 1.29 is 19.1 Å². The Labute approximate surface area is 246 Å². The molecule has 0 heterocycles. The van der Waals surface area contributed by atoms with Crippen molar-refractivity contribution in [3.8, 4) is 6.07 Å². The van der Waals surface area contributed by atoms with Crippen LogP contribution in [-0.2, 0) is 14.3 Å². The summed E-state index contributed by atoms with van der Waals surface area (Å²) < 4.78 is 5.59. The van der Waals surface area contributed by atoms with Crippen LogP contribution in [0.5, 0.6) is 0 Å². The Balaban J connectivity index is 1.58. The summed E-state index contributed by atoms with van der Waals surface area (Å²) in [4.78, 5) is 39.9. The zero-order valence-corrected chi connectivity index (χ0v) is 26.5. The molecular formula is C35H50N2O4. The molecule has 1 amide bonds. The second-order valence-corrected chi connectivity index (χ2v) is 16.0. The van der Waals surface area contributed by atoms with Gasteiger partial charge in [-0.2, -0.15) is 5.26 Å². The van der Waals surface area contributed by atoms with Crippen LogP contribution in [0.4, 0.5) is 4.79 Å². The van der Waals surface area contributed by atoms with Crippen LogP contribution in [-0.4, -0.2) is 30.8 Å². The quantitative estimate of drug-likeness (QED) is 0.387. The van der Waals surface area contributed by atoms with Gasteiger partial charge in [-0.15, -0.1) is 0 Å². The predicted molar refractivity (Wildman–Crippen MR) is 159 cm³/mol. The molecule has 41 heavy (non-hydrogen) atoms. The molecule has 0 aromatic heterocycles. The van der Waals surface area contributed by atoms with Crippen LogP contribution in [0.3, 0.4) is 0 Å². The van der Waals surface area contributed by atoms with Crippen LogP contribution < -0.4 is 5.32 Å². The Morgan fingerprint density at radius 1 is 1.05 bits per heavy atom. The molecule has 0 spiro atoms. The number of nitrogens with one attached hydrogen (secondary N) is 1. The normalized spacial score (nSPS) is 42.3. The number of amides is 1. The van der Waals surface area contributed by atoms with Crippen LogP contribution in [0.1, 0.15) is 107 Å². The van der Waals surface area contributed by atoms with Crippen molar-refractivity contribution in [2.24, 2.45) is 50.2 Å². The highest BCUT2D eigenvalue weighted by atomic mass is 16.5. The second kappa shape index (κ2) is 9.55. The molecule has 224 valence electrons. The van der Waals surface area contributed by atoms with Gasteiger partial charge in [0.15, 0.2) is 11.6 Å². The molecule has 6 heteroatoms. The Hall–Kier alpha value is -2.42. The molecule has 1 N–H and O–H groups in total. The Kier molecular flexibility index (Phi) is 7.00. The van der Waals surface area contributed by atoms with E-state index in [2.05, 4.69) is 46.0 Å². The summed E-state index contributed by atoms with van der Waals surface area (Å²) in [6.45, 7) is 18.4. The van der Waals surface area contributed by atoms with Crippen LogP contribution in [0, 0.1) is 61.6 Å². The van der Waals surface area contributed by atoms with E-state index in [0.29, 0.717) is 13.2 Å². The zero-order chi connectivity index (χ0) is 30.2. The van der Waals surface area contributed by atoms with Gasteiger partial charge in [-0.25, -0.2) is 4.79 Å². The van der Waals surface area contributed by atoms with E-state index in [-0.39, 0.29) is 62.6 Å². The SMILES string of the molecule is CCNC(=O)OCCC12CCC(C)(C)CC1C1C(=O)C=C3C4(C)C=C(C#N)C(=O)C(C)(C)C4CCC3(C)C1(C)CC2. The molecule has 3 saturated carbocycles. The first-order valence-corrected chi connectivity index (χ1v) is 15.9. The monoisotopic (exact) mass is 562 g/mol. The minimum atomic E-state index is -0.656. The van der Waals surface area contributed by atoms with Gasteiger partial charge in [0.05, 0.1) is 12.2 Å². The van der Waals surface area contributed by atoms with Crippen LogP contribution >= 0.6 is 0 Å². The second-order valence-electron chi connectivity index (χ2n) is 16.0. The summed E-state index contributed by atoms with van der Waals surface area (Å²) in [6, 6.07) is 2.20. The summed E-state index contributed by atoms with van der Waals surface area (Å²) in [5, 5.41) is 12.7. The van der Waals surface area contributed by atoms with E-state index in [4.69, 9.17) is 4.74 Å². The third-order valence-electron chi connectivity index (χ3n) is 13.2. The molecule has 0 bridgehead atoms. The molecule has 5 aliphatic rings. The number of fused-ring (bicyclic) bond motifs is 7. The van der Waals surface area contributed by atoms with E-state index >= 15 is 0 Å². The van der Waals surface area contributed by atoms with Gasteiger partial charge in [0.2, 0.25) is 0 Å². The summed E-state index contributed by atoms with van der Waals surface area (Å²) >= 11 is 0. The van der Waals surface area contributed by atoms with Gasteiger partial charge < -0.3 is 10.1 Å². The largest absolute Gasteiger partial charge is 0.450 e. The molecule has 7 atom stereocenters. The van der Waals surface area contributed by atoms with E-state index in [1.54, 1.807) is 0 Å². The summed E-state index contributed by atoms with van der Waals surface area (Å²) in [5.41, 5.74) is -0.0942. The molecule has 5 rings (SSSR count). The number of hydrogen-bond donors (Lipinski definition) is 1. The van der Waals surface area contributed by atoms with Crippen molar-refractivity contribution in [1.29, 1.82) is 5.26 Å². The van der Waals surface area contributed by atoms with Crippen molar-refractivity contribution in [2.45, 2.75) is 107 Å². The lowest BCUT2D eigenvalue weighted by molar-refractivity contribution is -0.173. The highest BCUT2D eigenvalue weighted by Crippen LogP contribution is 2.74. The number of nitriles is 1. The molecule has 7 unspecified atom stereocenters. The summed E-state index contributed by atoms with van der Waals surface area (Å²) in [5.74, 6) is 0.339. The van der Waals surface area contributed by atoms with Crippen molar-refractivity contribution in [3.63, 3.8) is 0 Å². The lowest BCUT2D eigenvalue weighted by atomic mass is 9.34. The minimum absolute atomic E-state index is 0.0161. The average molecular weight is 563 g/mol. The minimum Gasteiger partial charge on any atom is -0.450 e. The number of nitrogens with zero attached hydrogens (tertiary/aromatic N) is 1. The molecule has 0 radical (unpaired) electrons. The summed E-state index contributed by atoms with van der Waals surface area (Å²) in [6.07, 6.45) is 11.3. The number of ketones is 2. The maximum absolute atomic E-state index is 14.6. The van der Waals surface area contributed by atoms with Crippen LogP contribution in [0.25, 0.3) is 0 Å². The highest BCUT2D eigenvalue weighted by Gasteiger charge is 2.69. The number of carbonyl (C=O) groups excluding carboxylic acids is 3. The first-order valence-electron chi connectivity index (χ1n) is 15.9. The number of hydrogen-bond acceptors (Lipinski definition) is 5. The first kappa shape index (κ1) is 30.1. The highest BCUT2D eigenvalue weighted by molar-refractivity contribution is 6.04. The Bertz CT molecular complexity index is 1270. The van der Waals surface area contributed by atoms with Crippen LogP contribution in [0.15, 0.2) is 23.3 Å². The average Bonchev–Trinajstić information content (AvgIpc) is 2.88. The predicted octanol–water partition coefficient (Wildman–Crippen LogP) is 7.34. The van der Waals surface area contributed by atoms with Crippen LogP contribution in [0.2, 0.25) is 0 Å². The Morgan fingerprint density at radius 3 is 2.39 bits per heavy atom. The topological polar surface area (TPSA) is 96.3 Å². The van der Waals surface area contributed by atoms with Gasteiger partial charge in [-0.3, -0.25) is 9.59 Å². The number of ether oxygens (including phenoxy) is 1. The lowest BCUT2D eigenvalue weighted by Crippen LogP contribution is -2.64. The van der Waals surface area contributed by atoms with Gasteiger partial charge in [0.1, 0.15) is 6.07 Å². The summed E-state index contributed by atoms with van der Waals surface area (Å²) in [7, 11) is 0. The lowest BCUT2D eigenvalue weighted by Gasteiger charge is -2.69.